The average molecular weight is 262 g/mol. The molecule has 0 radical (unpaired) electrons. The Balaban J connectivity index is 2.32. The van der Waals surface area contributed by atoms with Gasteiger partial charge in [-0.05, 0) is 63.6 Å². The van der Waals surface area contributed by atoms with Crippen molar-refractivity contribution in [3.8, 4) is 5.75 Å². The van der Waals surface area contributed by atoms with Crippen molar-refractivity contribution >= 4 is 5.97 Å². The molecule has 0 fully saturated rings. The second-order valence-corrected chi connectivity index (χ2v) is 5.37. The number of aryl methyl sites for hydroxylation is 2. The molecule has 1 aromatic carbocycles. The number of fused-ring (bicyclic) bond motifs is 1. The van der Waals surface area contributed by atoms with Crippen LogP contribution in [0.5, 0.6) is 5.75 Å². The molecule has 0 bridgehead atoms. The molecule has 0 spiro atoms. The molecule has 1 aliphatic rings. The number of carbonyl (C=O) groups is 1. The normalized spacial score (nSPS) is 22.7. The van der Waals surface area contributed by atoms with Crippen LogP contribution in [0.25, 0.3) is 0 Å². The SMILES string of the molecule is CCOC(=O)C1(C)CCCCc2ccc(C)cc2O1. The Kier molecular flexibility index (Phi) is 4.13. The van der Waals surface area contributed by atoms with Crippen molar-refractivity contribution < 1.29 is 14.3 Å². The summed E-state index contributed by atoms with van der Waals surface area (Å²) in [4.78, 5) is 12.1. The summed E-state index contributed by atoms with van der Waals surface area (Å²) in [5.41, 5.74) is 1.46. The van der Waals surface area contributed by atoms with Gasteiger partial charge in [-0.3, -0.25) is 0 Å². The molecular weight excluding hydrogens is 240 g/mol. The van der Waals surface area contributed by atoms with Crippen LogP contribution in [-0.2, 0) is 16.0 Å². The van der Waals surface area contributed by atoms with Crippen LogP contribution in [-0.4, -0.2) is 18.2 Å². The first-order valence-electron chi connectivity index (χ1n) is 7.01. The first-order chi connectivity index (χ1) is 9.05. The molecule has 0 N–H and O–H groups in total. The Morgan fingerprint density at radius 2 is 2.21 bits per heavy atom. The van der Waals surface area contributed by atoms with Crippen LogP contribution in [0.2, 0.25) is 0 Å². The van der Waals surface area contributed by atoms with Crippen molar-refractivity contribution in [1.29, 1.82) is 0 Å². The maximum atomic E-state index is 12.1. The number of carbonyl (C=O) groups excluding carboxylic acids is 1. The van der Waals surface area contributed by atoms with E-state index in [1.807, 2.05) is 26.8 Å². The highest BCUT2D eigenvalue weighted by Crippen LogP contribution is 2.32. The zero-order valence-electron chi connectivity index (χ0n) is 12.0. The fourth-order valence-electron chi connectivity index (χ4n) is 2.46. The molecule has 19 heavy (non-hydrogen) atoms. The number of hydrogen-bond acceptors (Lipinski definition) is 3. The quantitative estimate of drug-likeness (QED) is 0.766. The van der Waals surface area contributed by atoms with Crippen LogP contribution in [0, 0.1) is 6.92 Å². The Labute approximate surface area is 114 Å². The minimum Gasteiger partial charge on any atom is -0.476 e. The Morgan fingerprint density at radius 3 is 2.95 bits per heavy atom. The molecular formula is C16H22O3. The van der Waals surface area contributed by atoms with Crippen molar-refractivity contribution in [3.63, 3.8) is 0 Å². The number of esters is 1. The molecule has 1 heterocycles. The van der Waals surface area contributed by atoms with E-state index in [4.69, 9.17) is 9.47 Å². The van der Waals surface area contributed by atoms with Gasteiger partial charge in [0.2, 0.25) is 5.60 Å². The van der Waals surface area contributed by atoms with Gasteiger partial charge in [0.1, 0.15) is 5.75 Å². The van der Waals surface area contributed by atoms with Gasteiger partial charge in [0.05, 0.1) is 6.61 Å². The molecule has 1 unspecified atom stereocenters. The lowest BCUT2D eigenvalue weighted by atomic mass is 9.94. The van der Waals surface area contributed by atoms with Gasteiger partial charge in [0.25, 0.3) is 0 Å². The fourth-order valence-corrected chi connectivity index (χ4v) is 2.46. The van der Waals surface area contributed by atoms with Crippen LogP contribution in [0.15, 0.2) is 18.2 Å². The number of ether oxygens (including phenoxy) is 2. The predicted molar refractivity (Wildman–Crippen MR) is 74.4 cm³/mol. The molecule has 3 heteroatoms. The van der Waals surface area contributed by atoms with Crippen molar-refractivity contribution in [2.75, 3.05) is 6.61 Å². The van der Waals surface area contributed by atoms with E-state index in [9.17, 15) is 4.79 Å². The third kappa shape index (κ3) is 3.09. The molecule has 0 aromatic heterocycles. The second kappa shape index (κ2) is 5.64. The molecule has 1 atom stereocenters. The highest BCUT2D eigenvalue weighted by Gasteiger charge is 2.38. The van der Waals surface area contributed by atoms with E-state index in [2.05, 4.69) is 12.1 Å². The summed E-state index contributed by atoms with van der Waals surface area (Å²) in [6, 6.07) is 6.20. The summed E-state index contributed by atoms with van der Waals surface area (Å²) in [7, 11) is 0. The second-order valence-electron chi connectivity index (χ2n) is 5.37. The lowest BCUT2D eigenvalue weighted by molar-refractivity contribution is -0.161. The monoisotopic (exact) mass is 262 g/mol. The van der Waals surface area contributed by atoms with Crippen molar-refractivity contribution in [2.45, 2.75) is 52.1 Å². The minimum atomic E-state index is -0.862. The predicted octanol–water partition coefficient (Wildman–Crippen LogP) is 3.42. The summed E-state index contributed by atoms with van der Waals surface area (Å²) in [6.45, 7) is 6.08. The third-order valence-corrected chi connectivity index (χ3v) is 3.62. The summed E-state index contributed by atoms with van der Waals surface area (Å²) < 4.78 is 11.2. The van der Waals surface area contributed by atoms with Crippen molar-refractivity contribution in [1.82, 2.24) is 0 Å². The lowest BCUT2D eigenvalue weighted by Gasteiger charge is -2.31. The lowest BCUT2D eigenvalue weighted by Crippen LogP contribution is -2.43. The number of hydrogen-bond donors (Lipinski definition) is 0. The van der Waals surface area contributed by atoms with Gasteiger partial charge in [-0.15, -0.1) is 0 Å². The van der Waals surface area contributed by atoms with Crippen LogP contribution in [0.1, 0.15) is 44.2 Å². The molecule has 0 aliphatic carbocycles. The van der Waals surface area contributed by atoms with Crippen molar-refractivity contribution in [3.05, 3.63) is 29.3 Å². The first-order valence-corrected chi connectivity index (χ1v) is 7.01. The smallest absolute Gasteiger partial charge is 0.350 e. The van der Waals surface area contributed by atoms with E-state index in [0.717, 1.165) is 30.6 Å². The van der Waals surface area contributed by atoms with E-state index in [-0.39, 0.29) is 5.97 Å². The summed E-state index contributed by atoms with van der Waals surface area (Å²) in [6.07, 6.45) is 3.77. The standard InChI is InChI=1S/C16H22O3/c1-4-18-15(17)16(3)10-6-5-7-13-9-8-12(2)11-14(13)19-16/h8-9,11H,4-7,10H2,1-3H3. The molecule has 104 valence electrons. The Bertz CT molecular complexity index is 467. The van der Waals surface area contributed by atoms with Gasteiger partial charge >= 0.3 is 5.97 Å². The average Bonchev–Trinajstić information content (AvgIpc) is 2.34. The van der Waals surface area contributed by atoms with Gasteiger partial charge in [-0.1, -0.05) is 12.1 Å². The molecule has 3 nitrogen and oxygen atoms in total. The topological polar surface area (TPSA) is 35.5 Å². The molecule has 2 rings (SSSR count). The van der Waals surface area contributed by atoms with Crippen LogP contribution in [0.3, 0.4) is 0 Å². The van der Waals surface area contributed by atoms with Gasteiger partial charge in [-0.2, -0.15) is 0 Å². The molecule has 1 aliphatic heterocycles. The fraction of sp³-hybridized carbons (Fsp3) is 0.562. The van der Waals surface area contributed by atoms with Gasteiger partial charge in [0, 0.05) is 0 Å². The van der Waals surface area contributed by atoms with Gasteiger partial charge < -0.3 is 9.47 Å². The Morgan fingerprint density at radius 1 is 1.42 bits per heavy atom. The molecule has 1 aromatic rings. The first kappa shape index (κ1) is 13.9. The highest BCUT2D eigenvalue weighted by molar-refractivity contribution is 5.79. The summed E-state index contributed by atoms with van der Waals surface area (Å²) >= 11 is 0. The summed E-state index contributed by atoms with van der Waals surface area (Å²) in [5, 5.41) is 0. The molecule has 0 amide bonds. The Hall–Kier alpha value is -1.51. The largest absolute Gasteiger partial charge is 0.476 e. The van der Waals surface area contributed by atoms with Crippen molar-refractivity contribution in [2.24, 2.45) is 0 Å². The summed E-state index contributed by atoms with van der Waals surface area (Å²) in [5.74, 6) is 0.569. The van der Waals surface area contributed by atoms with Crippen LogP contribution < -0.4 is 4.74 Å². The van der Waals surface area contributed by atoms with E-state index < -0.39 is 5.60 Å². The molecule has 0 saturated carbocycles. The van der Waals surface area contributed by atoms with Crippen LogP contribution in [0.4, 0.5) is 0 Å². The maximum Gasteiger partial charge on any atom is 0.350 e. The highest BCUT2D eigenvalue weighted by atomic mass is 16.6. The zero-order chi connectivity index (χ0) is 13.9. The van der Waals surface area contributed by atoms with Crippen LogP contribution >= 0.6 is 0 Å². The van der Waals surface area contributed by atoms with E-state index in [1.54, 1.807) is 0 Å². The van der Waals surface area contributed by atoms with Gasteiger partial charge in [-0.25, -0.2) is 4.79 Å². The number of rotatable bonds is 2. The maximum absolute atomic E-state index is 12.1. The molecule has 0 saturated heterocycles. The minimum absolute atomic E-state index is 0.260. The number of benzene rings is 1. The van der Waals surface area contributed by atoms with E-state index >= 15 is 0 Å². The van der Waals surface area contributed by atoms with Gasteiger partial charge in [0.15, 0.2) is 0 Å². The van der Waals surface area contributed by atoms with E-state index in [1.165, 1.54) is 5.56 Å². The zero-order valence-corrected chi connectivity index (χ0v) is 12.0. The third-order valence-electron chi connectivity index (χ3n) is 3.62. The van der Waals surface area contributed by atoms with E-state index in [0.29, 0.717) is 13.0 Å².